The fourth-order valence-corrected chi connectivity index (χ4v) is 5.41. The third kappa shape index (κ3) is 4.64. The molecule has 1 aliphatic carbocycles. The molecular weight excluding hydrogens is 494 g/mol. The van der Waals surface area contributed by atoms with Gasteiger partial charge in [0.05, 0.1) is 38.9 Å². The number of aryl methyl sites for hydroxylation is 3. The summed E-state index contributed by atoms with van der Waals surface area (Å²) in [7, 11) is 3.29. The lowest BCUT2D eigenvalue weighted by molar-refractivity contribution is 0.0531. The first kappa shape index (κ1) is 24.8. The zero-order valence-corrected chi connectivity index (χ0v) is 22.2. The molecule has 4 aromatic rings. The topological polar surface area (TPSA) is 125 Å². The fraction of sp³-hybridized carbons (Fsp3) is 0.400. The molecule has 11 nitrogen and oxygen atoms in total. The highest BCUT2D eigenvalue weighted by Crippen LogP contribution is 2.41. The predicted octanol–water partition coefficient (Wildman–Crippen LogP) is 4.65. The Morgan fingerprint density at radius 1 is 1.16 bits per heavy atom. The van der Waals surface area contributed by atoms with E-state index in [-0.39, 0.29) is 6.04 Å². The maximum absolute atomic E-state index is 12.2. The molecule has 0 aliphatic heterocycles. The number of benzene rings is 1. The van der Waals surface area contributed by atoms with Crippen molar-refractivity contribution in [1.82, 2.24) is 24.5 Å². The Balaban J connectivity index is 1.49. The molecule has 0 fully saturated rings. The minimum Gasteiger partial charge on any atom is -0.493 e. The first-order chi connectivity index (χ1) is 17.9. The molecule has 194 valence electrons. The van der Waals surface area contributed by atoms with Crippen molar-refractivity contribution < 1.29 is 19.0 Å². The number of nitrogens with one attached hydrogen (secondary N) is 2. The molecule has 1 unspecified atom stereocenters. The number of anilines is 3. The van der Waals surface area contributed by atoms with Crippen molar-refractivity contribution in [2.75, 3.05) is 31.5 Å². The molecule has 3 heterocycles. The van der Waals surface area contributed by atoms with Gasteiger partial charge in [0.25, 0.3) is 0 Å². The number of esters is 1. The number of hydrogen-bond donors (Lipinski definition) is 2. The maximum Gasteiger partial charge on any atom is 0.350 e. The lowest BCUT2D eigenvalue weighted by atomic mass is 10.1. The van der Waals surface area contributed by atoms with E-state index in [1.165, 1.54) is 16.9 Å². The number of carbonyl (C=O) groups is 1. The molecule has 1 aliphatic rings. The monoisotopic (exact) mass is 523 g/mol. The van der Waals surface area contributed by atoms with Crippen LogP contribution in [0.25, 0.3) is 11.2 Å². The zero-order valence-electron chi connectivity index (χ0n) is 21.4. The summed E-state index contributed by atoms with van der Waals surface area (Å²) >= 11 is 1.21. The molecule has 3 aromatic heterocycles. The van der Waals surface area contributed by atoms with E-state index in [4.69, 9.17) is 19.2 Å². The van der Waals surface area contributed by atoms with Gasteiger partial charge in [0, 0.05) is 6.54 Å². The minimum absolute atomic E-state index is 0.0264. The van der Waals surface area contributed by atoms with Crippen molar-refractivity contribution in [1.29, 1.82) is 0 Å². The Bertz CT molecular complexity index is 1470. The van der Waals surface area contributed by atoms with Crippen molar-refractivity contribution >= 4 is 45.4 Å². The number of carbonyl (C=O) groups excluding carboxylic acids is 1. The fourth-order valence-electron chi connectivity index (χ4n) is 4.56. The van der Waals surface area contributed by atoms with Crippen LogP contribution in [0.1, 0.15) is 52.8 Å². The lowest BCUT2D eigenvalue weighted by Gasteiger charge is -2.18. The van der Waals surface area contributed by atoms with E-state index in [0.29, 0.717) is 45.5 Å². The highest BCUT2D eigenvalue weighted by atomic mass is 32.1. The summed E-state index contributed by atoms with van der Waals surface area (Å²) in [6.45, 7) is 6.62. The summed E-state index contributed by atoms with van der Waals surface area (Å²) in [6, 6.07) is 4.10. The maximum atomic E-state index is 12.2. The molecule has 0 saturated carbocycles. The Labute approximate surface area is 218 Å². The van der Waals surface area contributed by atoms with Crippen LogP contribution in [0.4, 0.5) is 16.9 Å². The quantitative estimate of drug-likeness (QED) is 0.300. The highest BCUT2D eigenvalue weighted by molar-refractivity contribution is 7.17. The van der Waals surface area contributed by atoms with Gasteiger partial charge in [-0.15, -0.1) is 0 Å². The van der Waals surface area contributed by atoms with Gasteiger partial charge in [-0.25, -0.2) is 14.8 Å². The summed E-state index contributed by atoms with van der Waals surface area (Å²) in [4.78, 5) is 31.1. The van der Waals surface area contributed by atoms with Gasteiger partial charge in [0.2, 0.25) is 5.95 Å². The molecule has 0 spiro atoms. The van der Waals surface area contributed by atoms with Gasteiger partial charge in [-0.2, -0.15) is 9.97 Å². The van der Waals surface area contributed by atoms with Gasteiger partial charge in [0.15, 0.2) is 28.1 Å². The van der Waals surface area contributed by atoms with Crippen LogP contribution >= 0.6 is 11.3 Å². The van der Waals surface area contributed by atoms with Crippen LogP contribution in [0.2, 0.25) is 0 Å². The average molecular weight is 524 g/mol. The number of nitrogens with zero attached hydrogens (tertiary/aromatic N) is 5. The van der Waals surface area contributed by atoms with Crippen LogP contribution in [0.5, 0.6) is 11.5 Å². The largest absolute Gasteiger partial charge is 0.493 e. The first-order valence-corrected chi connectivity index (χ1v) is 12.9. The lowest BCUT2D eigenvalue weighted by Crippen LogP contribution is -2.12. The normalized spacial score (nSPS) is 14.5. The van der Waals surface area contributed by atoms with Crippen molar-refractivity contribution in [2.45, 2.75) is 46.2 Å². The molecule has 2 N–H and O–H groups in total. The molecule has 0 amide bonds. The Morgan fingerprint density at radius 2 is 1.95 bits per heavy atom. The van der Waals surface area contributed by atoms with Crippen LogP contribution in [-0.2, 0) is 17.7 Å². The molecular formula is C25H29N7O4S. The van der Waals surface area contributed by atoms with E-state index in [9.17, 15) is 4.79 Å². The smallest absolute Gasteiger partial charge is 0.350 e. The van der Waals surface area contributed by atoms with Gasteiger partial charge in [0.1, 0.15) is 10.4 Å². The minimum atomic E-state index is -0.391. The summed E-state index contributed by atoms with van der Waals surface area (Å²) in [5.41, 5.74) is 4.34. The number of aromatic nitrogens is 5. The van der Waals surface area contributed by atoms with E-state index in [2.05, 4.69) is 25.6 Å². The van der Waals surface area contributed by atoms with Crippen LogP contribution in [0.3, 0.4) is 0 Å². The molecule has 5 rings (SSSR count). The summed E-state index contributed by atoms with van der Waals surface area (Å²) < 4.78 is 18.2. The van der Waals surface area contributed by atoms with Crippen LogP contribution in [-0.4, -0.2) is 51.3 Å². The summed E-state index contributed by atoms with van der Waals surface area (Å²) in [6.07, 6.45) is 3.57. The number of hydrogen-bond acceptors (Lipinski definition) is 11. The van der Waals surface area contributed by atoms with Crippen LogP contribution in [0, 0.1) is 6.92 Å². The van der Waals surface area contributed by atoms with E-state index in [1.807, 2.05) is 23.6 Å². The summed E-state index contributed by atoms with van der Waals surface area (Å²) in [5.74, 6) is 2.03. The molecule has 0 radical (unpaired) electrons. The van der Waals surface area contributed by atoms with Gasteiger partial charge >= 0.3 is 5.97 Å². The van der Waals surface area contributed by atoms with Crippen molar-refractivity contribution in [3.8, 4) is 11.5 Å². The second-order valence-electron chi connectivity index (χ2n) is 8.52. The predicted molar refractivity (Wildman–Crippen MR) is 141 cm³/mol. The standard InChI is InChI=1S/C25H29N7O4S/c1-6-32-12-26-21-19(32)22(28-16-9-8-14-10-17(34-4)18(35-5)11-15(14)16)30-24(29-21)31-25-27-13(3)20(37-25)23(33)36-7-2/h10-12,16H,6-9H2,1-5H3,(H2,27,28,29,30,31). The zero-order chi connectivity index (χ0) is 26.1. The molecule has 12 heteroatoms. The highest BCUT2D eigenvalue weighted by Gasteiger charge is 2.27. The van der Waals surface area contributed by atoms with Crippen molar-refractivity contribution in [3.05, 3.63) is 40.2 Å². The third-order valence-corrected chi connectivity index (χ3v) is 7.38. The SMILES string of the molecule is CCOC(=O)c1sc(Nc2nc(NC3CCc4cc(OC)c(OC)cc43)c3c(ncn3CC)n2)nc1C. The Kier molecular flexibility index (Phi) is 6.83. The van der Waals surface area contributed by atoms with Crippen LogP contribution < -0.4 is 20.1 Å². The number of methoxy groups -OCH3 is 2. The molecule has 37 heavy (non-hydrogen) atoms. The number of fused-ring (bicyclic) bond motifs is 2. The average Bonchev–Trinajstić information content (AvgIpc) is 3.59. The van der Waals surface area contributed by atoms with Crippen molar-refractivity contribution in [2.24, 2.45) is 0 Å². The third-order valence-electron chi connectivity index (χ3n) is 6.32. The number of imidazole rings is 1. The van der Waals surface area contributed by atoms with Crippen molar-refractivity contribution in [3.63, 3.8) is 0 Å². The van der Waals surface area contributed by atoms with E-state index >= 15 is 0 Å². The van der Waals surface area contributed by atoms with E-state index in [0.717, 1.165) is 36.2 Å². The van der Waals surface area contributed by atoms with E-state index in [1.54, 1.807) is 34.4 Å². The second-order valence-corrected chi connectivity index (χ2v) is 9.52. The summed E-state index contributed by atoms with van der Waals surface area (Å²) in [5, 5.41) is 7.28. The van der Waals surface area contributed by atoms with Crippen LogP contribution in [0.15, 0.2) is 18.5 Å². The first-order valence-electron chi connectivity index (χ1n) is 12.1. The van der Waals surface area contributed by atoms with Gasteiger partial charge in [-0.05, 0) is 56.9 Å². The number of thiazole rings is 1. The second kappa shape index (κ2) is 10.2. The molecule has 1 aromatic carbocycles. The van der Waals surface area contributed by atoms with Gasteiger partial charge < -0.3 is 24.1 Å². The van der Waals surface area contributed by atoms with E-state index < -0.39 is 5.97 Å². The Morgan fingerprint density at radius 3 is 2.68 bits per heavy atom. The number of rotatable bonds is 9. The van der Waals surface area contributed by atoms with Gasteiger partial charge in [-0.3, -0.25) is 5.32 Å². The molecule has 0 bridgehead atoms. The molecule has 1 atom stereocenters. The van der Waals surface area contributed by atoms with Gasteiger partial charge in [-0.1, -0.05) is 11.3 Å². The molecule has 0 saturated heterocycles. The number of ether oxygens (including phenoxy) is 3. The Hall–Kier alpha value is -3.93.